The van der Waals surface area contributed by atoms with Crippen molar-refractivity contribution in [3.05, 3.63) is 0 Å². The summed E-state index contributed by atoms with van der Waals surface area (Å²) in [6, 6.07) is 0. The highest BCUT2D eigenvalue weighted by atomic mass is 16.6. The van der Waals surface area contributed by atoms with Crippen LogP contribution in [0.2, 0.25) is 0 Å². The van der Waals surface area contributed by atoms with Crippen LogP contribution in [0.3, 0.4) is 0 Å². The van der Waals surface area contributed by atoms with E-state index >= 15 is 0 Å². The Morgan fingerprint density at radius 3 is 2.44 bits per heavy atom. The normalized spacial score (nSPS) is 27.2. The molecule has 106 valence electrons. The largest absolute Gasteiger partial charge is 0.379 e. The molecule has 0 bridgehead atoms. The van der Waals surface area contributed by atoms with E-state index in [-0.39, 0.29) is 0 Å². The fourth-order valence-corrected chi connectivity index (χ4v) is 1.94. The van der Waals surface area contributed by atoms with Gasteiger partial charge in [0.15, 0.2) is 0 Å². The van der Waals surface area contributed by atoms with E-state index < -0.39 is 0 Å². The van der Waals surface area contributed by atoms with Gasteiger partial charge in [0.05, 0.1) is 32.5 Å². The molecule has 3 unspecified atom stereocenters. The van der Waals surface area contributed by atoms with Crippen molar-refractivity contribution in [2.75, 3.05) is 33.0 Å². The third-order valence-electron chi connectivity index (χ3n) is 3.40. The van der Waals surface area contributed by atoms with Crippen LogP contribution in [0.15, 0.2) is 0 Å². The Labute approximate surface area is 110 Å². The van der Waals surface area contributed by atoms with E-state index in [2.05, 4.69) is 6.92 Å². The highest BCUT2D eigenvalue weighted by Gasteiger charge is 2.24. The quantitative estimate of drug-likeness (QED) is 0.397. The maximum absolute atomic E-state index is 5.81. The van der Waals surface area contributed by atoms with Crippen molar-refractivity contribution in [3.63, 3.8) is 0 Å². The second kappa shape index (κ2) is 8.10. The van der Waals surface area contributed by atoms with E-state index in [0.29, 0.717) is 18.3 Å². The lowest BCUT2D eigenvalue weighted by Crippen LogP contribution is -2.15. The van der Waals surface area contributed by atoms with E-state index in [1.54, 1.807) is 0 Å². The third-order valence-corrected chi connectivity index (χ3v) is 3.40. The first kappa shape index (κ1) is 14.3. The van der Waals surface area contributed by atoms with Crippen molar-refractivity contribution in [1.29, 1.82) is 0 Å². The standard InChI is InChI=1S/C14H26O4/c1-2-12(16-10-14-11-18-14)6-4-3-5-7-15-8-13-9-17-13/h12-14H,2-11H2,1H3. The highest BCUT2D eigenvalue weighted by molar-refractivity contribution is 4.69. The fourth-order valence-electron chi connectivity index (χ4n) is 1.94. The topological polar surface area (TPSA) is 43.5 Å². The molecule has 0 aromatic heterocycles. The molecule has 2 saturated heterocycles. The summed E-state index contributed by atoms with van der Waals surface area (Å²) in [6.45, 7) is 6.40. The summed E-state index contributed by atoms with van der Waals surface area (Å²) in [5.74, 6) is 0. The molecule has 18 heavy (non-hydrogen) atoms. The van der Waals surface area contributed by atoms with Gasteiger partial charge in [0.2, 0.25) is 0 Å². The Balaban J connectivity index is 1.35. The minimum atomic E-state index is 0.386. The van der Waals surface area contributed by atoms with E-state index in [9.17, 15) is 0 Å². The Hall–Kier alpha value is -0.160. The van der Waals surface area contributed by atoms with Gasteiger partial charge in [-0.2, -0.15) is 0 Å². The minimum Gasteiger partial charge on any atom is -0.379 e. The molecular weight excluding hydrogens is 232 g/mol. The molecule has 0 spiro atoms. The van der Waals surface area contributed by atoms with Gasteiger partial charge in [-0.25, -0.2) is 0 Å². The summed E-state index contributed by atoms with van der Waals surface area (Å²) in [7, 11) is 0. The van der Waals surface area contributed by atoms with Crippen molar-refractivity contribution in [1.82, 2.24) is 0 Å². The first-order valence-electron chi connectivity index (χ1n) is 7.31. The van der Waals surface area contributed by atoms with E-state index in [1.165, 1.54) is 12.8 Å². The zero-order valence-corrected chi connectivity index (χ0v) is 11.4. The molecule has 0 aromatic rings. The van der Waals surface area contributed by atoms with Crippen LogP contribution in [-0.2, 0) is 18.9 Å². The predicted octanol–water partition coefficient (Wildman–Crippen LogP) is 2.16. The predicted molar refractivity (Wildman–Crippen MR) is 68.8 cm³/mol. The Kier molecular flexibility index (Phi) is 6.41. The van der Waals surface area contributed by atoms with Gasteiger partial charge in [-0.1, -0.05) is 19.8 Å². The molecular formula is C14H26O4. The van der Waals surface area contributed by atoms with Gasteiger partial charge in [-0.3, -0.25) is 0 Å². The van der Waals surface area contributed by atoms with Gasteiger partial charge in [0, 0.05) is 6.61 Å². The molecule has 3 atom stereocenters. The SMILES string of the molecule is CCC(CCCCCOCC1CO1)OCC1CO1. The van der Waals surface area contributed by atoms with Gasteiger partial charge in [0.1, 0.15) is 12.2 Å². The van der Waals surface area contributed by atoms with Crippen LogP contribution in [0.5, 0.6) is 0 Å². The zero-order chi connectivity index (χ0) is 12.6. The van der Waals surface area contributed by atoms with Crippen molar-refractivity contribution < 1.29 is 18.9 Å². The summed E-state index contributed by atoms with van der Waals surface area (Å²) in [5.41, 5.74) is 0. The van der Waals surface area contributed by atoms with Gasteiger partial charge in [0.25, 0.3) is 0 Å². The highest BCUT2D eigenvalue weighted by Crippen LogP contribution is 2.15. The number of unbranched alkanes of at least 4 members (excludes halogenated alkanes) is 2. The fraction of sp³-hybridized carbons (Fsp3) is 1.00. The lowest BCUT2D eigenvalue weighted by Gasteiger charge is -2.15. The van der Waals surface area contributed by atoms with Crippen LogP contribution in [0.25, 0.3) is 0 Å². The summed E-state index contributed by atoms with van der Waals surface area (Å²) >= 11 is 0. The molecule has 0 saturated carbocycles. The maximum Gasteiger partial charge on any atom is 0.104 e. The maximum atomic E-state index is 5.81. The average molecular weight is 258 g/mol. The van der Waals surface area contributed by atoms with Crippen LogP contribution < -0.4 is 0 Å². The molecule has 0 amide bonds. The van der Waals surface area contributed by atoms with Gasteiger partial charge < -0.3 is 18.9 Å². The van der Waals surface area contributed by atoms with Crippen LogP contribution in [0, 0.1) is 0 Å². The zero-order valence-electron chi connectivity index (χ0n) is 11.4. The average Bonchev–Trinajstić information content (AvgIpc) is 3.26. The number of hydrogen-bond acceptors (Lipinski definition) is 4. The smallest absolute Gasteiger partial charge is 0.104 e. The molecule has 4 nitrogen and oxygen atoms in total. The first-order valence-corrected chi connectivity index (χ1v) is 7.31. The number of hydrogen-bond donors (Lipinski definition) is 0. The van der Waals surface area contributed by atoms with E-state index in [1.807, 2.05) is 0 Å². The minimum absolute atomic E-state index is 0.386. The Bertz CT molecular complexity index is 214. The lowest BCUT2D eigenvalue weighted by atomic mass is 10.1. The molecule has 0 radical (unpaired) electrons. The monoisotopic (exact) mass is 258 g/mol. The van der Waals surface area contributed by atoms with Crippen LogP contribution in [0.4, 0.5) is 0 Å². The third kappa shape index (κ3) is 6.69. The van der Waals surface area contributed by atoms with E-state index in [0.717, 1.165) is 52.3 Å². The second-order valence-electron chi connectivity index (χ2n) is 5.20. The molecule has 4 heteroatoms. The molecule has 2 aliphatic rings. The lowest BCUT2D eigenvalue weighted by molar-refractivity contribution is 0.0329. The molecule has 0 N–H and O–H groups in total. The molecule has 0 aliphatic carbocycles. The van der Waals surface area contributed by atoms with Crippen molar-refractivity contribution in [3.8, 4) is 0 Å². The summed E-state index contributed by atoms with van der Waals surface area (Å²) < 4.78 is 21.5. The van der Waals surface area contributed by atoms with Gasteiger partial charge in [-0.05, 0) is 19.3 Å². The van der Waals surface area contributed by atoms with Crippen LogP contribution in [-0.4, -0.2) is 51.3 Å². The van der Waals surface area contributed by atoms with Crippen LogP contribution >= 0.6 is 0 Å². The molecule has 2 rings (SSSR count). The molecule has 2 heterocycles. The second-order valence-corrected chi connectivity index (χ2v) is 5.20. The Morgan fingerprint density at radius 2 is 1.78 bits per heavy atom. The molecule has 2 fully saturated rings. The van der Waals surface area contributed by atoms with Crippen LogP contribution in [0.1, 0.15) is 39.0 Å². The molecule has 2 aliphatic heterocycles. The Morgan fingerprint density at radius 1 is 1.06 bits per heavy atom. The summed E-state index contributed by atoms with van der Waals surface area (Å²) in [6.07, 6.45) is 7.06. The number of rotatable bonds is 12. The summed E-state index contributed by atoms with van der Waals surface area (Å²) in [4.78, 5) is 0. The van der Waals surface area contributed by atoms with Crippen molar-refractivity contribution in [2.24, 2.45) is 0 Å². The summed E-state index contributed by atoms with van der Waals surface area (Å²) in [5, 5.41) is 0. The number of epoxide rings is 2. The van der Waals surface area contributed by atoms with E-state index in [4.69, 9.17) is 18.9 Å². The van der Waals surface area contributed by atoms with Gasteiger partial charge >= 0.3 is 0 Å². The molecule has 0 aromatic carbocycles. The van der Waals surface area contributed by atoms with Gasteiger partial charge in [-0.15, -0.1) is 0 Å². The first-order chi connectivity index (χ1) is 8.88. The van der Waals surface area contributed by atoms with Crippen molar-refractivity contribution in [2.45, 2.75) is 57.3 Å². The number of ether oxygens (including phenoxy) is 4. The van der Waals surface area contributed by atoms with Crippen molar-refractivity contribution >= 4 is 0 Å².